The first kappa shape index (κ1) is 48.1. The van der Waals surface area contributed by atoms with Crippen LogP contribution in [0.15, 0.2) is 195 Å². The molecule has 2 unspecified atom stereocenters. The van der Waals surface area contributed by atoms with Crippen molar-refractivity contribution >= 4 is 72.0 Å². The van der Waals surface area contributed by atoms with Crippen LogP contribution in [0, 0.1) is 5.92 Å². The van der Waals surface area contributed by atoms with Gasteiger partial charge in [0.1, 0.15) is 5.75 Å². The number of fused-ring (bicyclic) bond motifs is 9. The monoisotopic (exact) mass is 1030 g/mol. The molecule has 0 fully saturated rings. The molecule has 0 bridgehead atoms. The lowest BCUT2D eigenvalue weighted by Crippen LogP contribution is -2.29. The Kier molecular flexibility index (Phi) is 12.0. The van der Waals surface area contributed by atoms with E-state index in [2.05, 4.69) is 164 Å². The van der Waals surface area contributed by atoms with Crippen LogP contribution < -0.4 is 42.1 Å². The highest BCUT2D eigenvalue weighted by atomic mass is 16.5. The van der Waals surface area contributed by atoms with Gasteiger partial charge in [-0.3, -0.25) is 0 Å². The second kappa shape index (κ2) is 19.5. The Balaban J connectivity index is 1.23. The van der Waals surface area contributed by atoms with Gasteiger partial charge in [-0.25, -0.2) is 0 Å². The Morgan fingerprint density at radius 1 is 0.385 bits per heavy atom. The molecule has 2 aromatic heterocycles. The number of aromatic nitrogens is 4. The molecule has 2 atom stereocenters. The Hall–Kier alpha value is -9.61. The Labute approximate surface area is 452 Å². The largest absolute Gasteiger partial charge is 0.496 e. The van der Waals surface area contributed by atoms with Crippen LogP contribution in [0.2, 0.25) is 0 Å². The Morgan fingerprint density at radius 2 is 0.769 bits per heavy atom. The van der Waals surface area contributed by atoms with Gasteiger partial charge < -0.3 is 28.4 Å². The normalized spacial score (nSPS) is 14.4. The van der Waals surface area contributed by atoms with Crippen LogP contribution in [-0.2, 0) is 6.42 Å². The van der Waals surface area contributed by atoms with Gasteiger partial charge >= 0.3 is 0 Å². The second-order valence-corrected chi connectivity index (χ2v) is 19.8. The van der Waals surface area contributed by atoms with Gasteiger partial charge in [-0.1, -0.05) is 85.8 Å². The fourth-order valence-corrected chi connectivity index (χ4v) is 12.1. The first-order valence-electron chi connectivity index (χ1n) is 26.2. The smallest absolute Gasteiger partial charge is 0.255 e. The molecular formula is C67H58N5O6+3. The van der Waals surface area contributed by atoms with Gasteiger partial charge in [-0.15, -0.1) is 0 Å². The van der Waals surface area contributed by atoms with Gasteiger partial charge in [-0.05, 0) is 135 Å². The molecule has 384 valence electrons. The van der Waals surface area contributed by atoms with Gasteiger partial charge in [0.2, 0.25) is 5.69 Å². The third kappa shape index (κ3) is 7.67. The molecule has 0 spiro atoms. The van der Waals surface area contributed by atoms with Crippen molar-refractivity contribution in [2.45, 2.75) is 19.3 Å². The summed E-state index contributed by atoms with van der Waals surface area (Å²) in [5.74, 6) is 4.82. The highest BCUT2D eigenvalue weighted by Crippen LogP contribution is 2.47. The van der Waals surface area contributed by atoms with Gasteiger partial charge in [0.15, 0.2) is 79.8 Å². The summed E-state index contributed by atoms with van der Waals surface area (Å²) in [6.45, 7) is 2.31. The molecular weight excluding hydrogens is 971 g/mol. The van der Waals surface area contributed by atoms with Crippen LogP contribution in [0.4, 0.5) is 11.4 Å². The van der Waals surface area contributed by atoms with E-state index in [9.17, 15) is 0 Å². The van der Waals surface area contributed by atoms with E-state index in [4.69, 9.17) is 28.4 Å². The zero-order valence-corrected chi connectivity index (χ0v) is 44.6. The lowest BCUT2D eigenvalue weighted by atomic mass is 9.82. The molecule has 1 aliphatic heterocycles. The molecule has 12 aromatic rings. The minimum atomic E-state index is 0.0762. The van der Waals surface area contributed by atoms with E-state index >= 15 is 0 Å². The molecule has 10 aromatic carbocycles. The minimum Gasteiger partial charge on any atom is -0.496 e. The third-order valence-corrected chi connectivity index (χ3v) is 15.8. The molecule has 1 aliphatic rings. The van der Waals surface area contributed by atoms with E-state index in [1.807, 2.05) is 66.7 Å². The fraction of sp³-hybridized carbons (Fsp3) is 0.149. The first-order chi connectivity index (χ1) is 38.3. The summed E-state index contributed by atoms with van der Waals surface area (Å²) in [4.78, 5) is 0. The van der Waals surface area contributed by atoms with E-state index in [0.29, 0.717) is 0 Å². The predicted octanol–water partition coefficient (Wildman–Crippen LogP) is 13.5. The number of para-hydroxylation sites is 11. The molecule has 13 rings (SSSR count). The van der Waals surface area contributed by atoms with E-state index < -0.39 is 0 Å². The van der Waals surface area contributed by atoms with Crippen LogP contribution in [0.25, 0.3) is 77.1 Å². The lowest BCUT2D eigenvalue weighted by Gasteiger charge is -2.21. The maximum absolute atomic E-state index is 6.16. The number of rotatable bonds is 12. The maximum atomic E-state index is 6.16. The van der Waals surface area contributed by atoms with Crippen LogP contribution in [-0.4, -0.2) is 58.0 Å². The number of imidazole rings is 2. The quantitative estimate of drug-likeness (QED) is 0.0896. The summed E-state index contributed by atoms with van der Waals surface area (Å²) in [5.41, 5.74) is 12.0. The zero-order valence-electron chi connectivity index (χ0n) is 44.6. The lowest BCUT2D eigenvalue weighted by molar-refractivity contribution is -0.568. The SMILES string of the molecule is COc1ccccc1C1Cc2cc3c(cc2[N+](c2ccccc2OC)=CC1C)c1cc2c(cc1c1cc4c(cc31)[n+](-c1ccccc1OC)cn4-c1ccccc1OC)[n+](-c1ccccc1OC)cn2-c1ccccc1OC. The molecule has 0 N–H and O–H groups in total. The number of ether oxygens (including phenoxy) is 6. The summed E-state index contributed by atoms with van der Waals surface area (Å²) in [7, 11) is 10.4. The van der Waals surface area contributed by atoms with Crippen LogP contribution in [0.5, 0.6) is 34.5 Å². The van der Waals surface area contributed by atoms with Crippen molar-refractivity contribution in [1.29, 1.82) is 0 Å². The predicted molar refractivity (Wildman–Crippen MR) is 311 cm³/mol. The van der Waals surface area contributed by atoms with Crippen molar-refractivity contribution in [3.63, 3.8) is 0 Å². The van der Waals surface area contributed by atoms with Crippen molar-refractivity contribution in [3.05, 3.63) is 206 Å². The average molecular weight is 1030 g/mol. The average Bonchev–Trinajstić information content (AvgIpc) is 4.17. The summed E-state index contributed by atoms with van der Waals surface area (Å²) < 4.78 is 47.9. The first-order valence-corrected chi connectivity index (χ1v) is 26.2. The maximum Gasteiger partial charge on any atom is 0.255 e. The molecule has 0 amide bonds. The van der Waals surface area contributed by atoms with Gasteiger partial charge in [0.25, 0.3) is 18.3 Å². The van der Waals surface area contributed by atoms with E-state index in [-0.39, 0.29) is 11.8 Å². The van der Waals surface area contributed by atoms with Crippen molar-refractivity contribution in [3.8, 4) is 57.2 Å². The van der Waals surface area contributed by atoms with E-state index in [1.165, 1.54) is 11.1 Å². The molecule has 0 saturated carbocycles. The van der Waals surface area contributed by atoms with Crippen LogP contribution >= 0.6 is 0 Å². The molecule has 0 aliphatic carbocycles. The standard InChI is InChI=1S/C67H58N5O6/c1-42-39-68(52-21-9-15-27-63(52)74-3)57-34-47-46(33-43(57)32-45(42)44-20-8-14-26-62(44)73-2)48-35-58-60(71(55-24-12-18-30-66(55)77-6)40-69(58)53-22-10-16-28-64(53)75-4)37-50(48)51-38-61-59(36-49(47)51)70(54-23-11-17-29-65(54)76-5)41-72(61)56-25-13-19-31-67(56)78-7/h8-31,33-42,45H,32H2,1-7H3/q+3. The van der Waals surface area contributed by atoms with E-state index in [0.717, 1.165) is 129 Å². The van der Waals surface area contributed by atoms with E-state index in [1.54, 1.807) is 42.7 Å². The fourth-order valence-electron chi connectivity index (χ4n) is 12.1. The van der Waals surface area contributed by atoms with Crippen molar-refractivity contribution < 1.29 is 37.6 Å². The molecule has 11 nitrogen and oxygen atoms in total. The molecule has 0 saturated heterocycles. The van der Waals surface area contributed by atoms with Crippen LogP contribution in [0.1, 0.15) is 24.0 Å². The summed E-state index contributed by atoms with van der Waals surface area (Å²) in [6, 6.07) is 63.8. The highest BCUT2D eigenvalue weighted by molar-refractivity contribution is 6.29. The highest BCUT2D eigenvalue weighted by Gasteiger charge is 2.35. The number of hydrogen-bond acceptors (Lipinski definition) is 6. The zero-order chi connectivity index (χ0) is 53.2. The summed E-state index contributed by atoms with van der Waals surface area (Å²) in [6.07, 6.45) is 7.42. The molecule has 78 heavy (non-hydrogen) atoms. The van der Waals surface area contributed by atoms with Gasteiger partial charge in [0, 0.05) is 29.5 Å². The summed E-state index contributed by atoms with van der Waals surface area (Å²) >= 11 is 0. The number of methoxy groups -OCH3 is 6. The minimum absolute atomic E-state index is 0.0762. The molecule has 0 radical (unpaired) electrons. The molecule has 11 heteroatoms. The molecule has 3 heterocycles. The Morgan fingerprint density at radius 3 is 1.27 bits per heavy atom. The number of hydrogen-bond donors (Lipinski definition) is 0. The third-order valence-electron chi connectivity index (χ3n) is 15.8. The second-order valence-electron chi connectivity index (χ2n) is 19.8. The Bertz CT molecular complexity index is 4380. The number of nitrogens with zero attached hydrogens (tertiary/aromatic N) is 5. The summed E-state index contributed by atoms with van der Waals surface area (Å²) in [5, 5.41) is 6.56. The van der Waals surface area contributed by atoms with Crippen LogP contribution in [0.3, 0.4) is 0 Å². The van der Waals surface area contributed by atoms with Crippen molar-refractivity contribution in [1.82, 2.24) is 13.7 Å². The topological polar surface area (TPSA) is 76.0 Å². The number of benzene rings is 10. The van der Waals surface area contributed by atoms with Crippen molar-refractivity contribution in [2.24, 2.45) is 5.92 Å². The van der Waals surface area contributed by atoms with Crippen molar-refractivity contribution in [2.75, 3.05) is 42.7 Å². The van der Waals surface area contributed by atoms with Gasteiger partial charge in [-0.2, -0.15) is 22.8 Å². The van der Waals surface area contributed by atoms with Gasteiger partial charge in [0.05, 0.1) is 42.7 Å².